The first-order chi connectivity index (χ1) is 22.9. The maximum atomic E-state index is 12.6. The molecule has 0 aliphatic carbocycles. The van der Waals surface area contributed by atoms with Crippen LogP contribution in [0.15, 0.2) is 118 Å². The van der Waals surface area contributed by atoms with E-state index in [1.54, 1.807) is 36.4 Å². The highest BCUT2D eigenvalue weighted by Crippen LogP contribution is 2.37. The lowest BCUT2D eigenvalue weighted by molar-refractivity contribution is -0.137. The van der Waals surface area contributed by atoms with Gasteiger partial charge in [-0.15, -0.1) is 12.4 Å². The number of fused-ring (bicyclic) bond motifs is 2. The van der Waals surface area contributed by atoms with Crippen LogP contribution in [0.3, 0.4) is 0 Å². The van der Waals surface area contributed by atoms with Crippen molar-refractivity contribution in [3.63, 3.8) is 0 Å². The van der Waals surface area contributed by atoms with Crippen LogP contribution in [0.25, 0.3) is 11.0 Å². The highest BCUT2D eigenvalue weighted by Gasteiger charge is 2.40. The third kappa shape index (κ3) is 9.64. The van der Waals surface area contributed by atoms with Crippen molar-refractivity contribution >= 4 is 29.3 Å². The number of halogens is 4. The monoisotopic (exact) mass is 695 g/mol. The van der Waals surface area contributed by atoms with Crippen LogP contribution in [0.5, 0.6) is 11.5 Å². The number of carbonyl (C=O) groups is 1. The van der Waals surface area contributed by atoms with E-state index in [1.807, 2.05) is 63.4 Å². The number of alkyl halides is 3. The molecule has 2 atom stereocenters. The van der Waals surface area contributed by atoms with E-state index in [2.05, 4.69) is 5.32 Å². The third-order valence-corrected chi connectivity index (χ3v) is 7.91. The summed E-state index contributed by atoms with van der Waals surface area (Å²) in [6.45, 7) is 4.43. The summed E-state index contributed by atoms with van der Waals surface area (Å²) in [6.07, 6.45) is -3.52. The lowest BCUT2D eigenvalue weighted by Crippen LogP contribution is -2.43. The molecule has 11 heteroatoms. The average Bonchev–Trinajstić information content (AvgIpc) is 3.50. The van der Waals surface area contributed by atoms with Gasteiger partial charge in [-0.25, -0.2) is 9.59 Å². The number of benzene rings is 4. The van der Waals surface area contributed by atoms with Crippen LogP contribution in [-0.2, 0) is 17.3 Å². The first-order valence-corrected chi connectivity index (χ1v) is 15.5. The average molecular weight is 696 g/mol. The van der Waals surface area contributed by atoms with Gasteiger partial charge < -0.3 is 23.9 Å². The summed E-state index contributed by atoms with van der Waals surface area (Å²) in [5, 5.41) is 3.89. The Labute approximate surface area is 288 Å². The van der Waals surface area contributed by atoms with Gasteiger partial charge in [-0.3, -0.25) is 0 Å². The van der Waals surface area contributed by atoms with Gasteiger partial charge in [0.1, 0.15) is 34.9 Å². The molecule has 0 spiro atoms. The molecule has 0 amide bonds. The molecule has 49 heavy (non-hydrogen) atoms. The van der Waals surface area contributed by atoms with E-state index >= 15 is 0 Å². The predicted molar refractivity (Wildman–Crippen MR) is 184 cm³/mol. The molecular formula is C38H37ClF3NO6. The fraction of sp³-hybridized carbons (Fsp3) is 0.263. The van der Waals surface area contributed by atoms with E-state index in [-0.39, 0.29) is 30.6 Å². The first-order valence-electron chi connectivity index (χ1n) is 15.5. The molecule has 0 saturated heterocycles. The van der Waals surface area contributed by atoms with Gasteiger partial charge in [0.2, 0.25) is 0 Å². The van der Waals surface area contributed by atoms with Crippen molar-refractivity contribution in [2.24, 2.45) is 0 Å². The van der Waals surface area contributed by atoms with Crippen molar-refractivity contribution in [1.82, 2.24) is 5.32 Å². The van der Waals surface area contributed by atoms with E-state index in [9.17, 15) is 22.8 Å². The number of hydrogen-bond donors (Lipinski definition) is 1. The van der Waals surface area contributed by atoms with E-state index in [0.29, 0.717) is 29.1 Å². The first kappa shape index (κ1) is 37.0. The minimum absolute atomic E-state index is 0. The number of esters is 1. The number of ether oxygens (including phenoxy) is 3. The smallest absolute Gasteiger partial charge is 0.416 e. The maximum absolute atomic E-state index is 12.6. The molecule has 1 aromatic heterocycles. The molecule has 1 aliphatic rings. The Hall–Kier alpha value is -4.80. The molecule has 2 unspecified atom stereocenters. The zero-order chi connectivity index (χ0) is 34.3. The molecule has 6 rings (SSSR count). The van der Waals surface area contributed by atoms with Gasteiger partial charge in [-0.05, 0) is 87.1 Å². The van der Waals surface area contributed by atoms with Crippen molar-refractivity contribution in [2.75, 3.05) is 13.6 Å². The van der Waals surface area contributed by atoms with Crippen molar-refractivity contribution in [3.05, 3.63) is 142 Å². The van der Waals surface area contributed by atoms with Gasteiger partial charge in [0, 0.05) is 30.4 Å². The quantitative estimate of drug-likeness (QED) is 0.122. The van der Waals surface area contributed by atoms with Crippen molar-refractivity contribution < 1.29 is 36.6 Å². The molecule has 258 valence electrons. The van der Waals surface area contributed by atoms with Crippen molar-refractivity contribution in [2.45, 2.75) is 50.7 Å². The summed E-state index contributed by atoms with van der Waals surface area (Å²) < 4.78 is 60.5. The lowest BCUT2D eigenvalue weighted by Gasteiger charge is -2.30. The SMILES string of the molecule is CC(C)(OC(=O)c1ccccc1)C1Cc2cc3ccc(=O)oc3cc2O1.CNCCC(Oc1ccc(C(F)(F)F)cc1)c1ccccc1.Cl. The Morgan fingerprint density at radius 3 is 2.20 bits per heavy atom. The molecule has 7 nitrogen and oxygen atoms in total. The van der Waals surface area contributed by atoms with Crippen LogP contribution in [0.2, 0.25) is 0 Å². The summed E-state index contributed by atoms with van der Waals surface area (Å²) in [5.74, 6) is 0.699. The second-order valence-corrected chi connectivity index (χ2v) is 11.9. The Morgan fingerprint density at radius 1 is 0.918 bits per heavy atom. The zero-order valence-corrected chi connectivity index (χ0v) is 28.0. The Bertz CT molecular complexity index is 1880. The molecule has 0 bridgehead atoms. The molecule has 1 N–H and O–H groups in total. The van der Waals surface area contributed by atoms with Crippen LogP contribution in [0, 0.1) is 0 Å². The summed E-state index contributed by atoms with van der Waals surface area (Å²) in [5.41, 5.74) is 1.09. The van der Waals surface area contributed by atoms with Crippen LogP contribution in [0.4, 0.5) is 13.2 Å². The molecule has 0 fully saturated rings. The fourth-order valence-electron chi connectivity index (χ4n) is 5.26. The molecule has 0 saturated carbocycles. The summed E-state index contributed by atoms with van der Waals surface area (Å²) in [7, 11) is 1.85. The Balaban J connectivity index is 0.000000220. The van der Waals surface area contributed by atoms with E-state index < -0.39 is 23.0 Å². The van der Waals surface area contributed by atoms with E-state index in [0.717, 1.165) is 41.6 Å². The Morgan fingerprint density at radius 2 is 1.57 bits per heavy atom. The maximum Gasteiger partial charge on any atom is 0.416 e. The van der Waals surface area contributed by atoms with E-state index in [1.165, 1.54) is 18.2 Å². The normalized spacial score (nSPS) is 14.4. The number of nitrogens with one attached hydrogen (secondary N) is 1. The Kier molecular flexibility index (Phi) is 12.1. The van der Waals surface area contributed by atoms with Crippen LogP contribution in [-0.4, -0.2) is 31.3 Å². The summed E-state index contributed by atoms with van der Waals surface area (Å²) in [4.78, 5) is 23.8. The fourth-order valence-corrected chi connectivity index (χ4v) is 5.26. The summed E-state index contributed by atoms with van der Waals surface area (Å²) in [6, 6.07) is 30.1. The van der Waals surface area contributed by atoms with Gasteiger partial charge in [0.25, 0.3) is 0 Å². The largest absolute Gasteiger partial charge is 0.486 e. The highest BCUT2D eigenvalue weighted by atomic mass is 35.5. The van der Waals surface area contributed by atoms with Crippen LogP contribution < -0.4 is 20.4 Å². The number of carbonyl (C=O) groups excluding carboxylic acids is 1. The molecule has 4 aromatic carbocycles. The summed E-state index contributed by atoms with van der Waals surface area (Å²) >= 11 is 0. The zero-order valence-electron chi connectivity index (χ0n) is 27.2. The van der Waals surface area contributed by atoms with Gasteiger partial charge >= 0.3 is 17.8 Å². The minimum atomic E-state index is -4.33. The molecule has 5 aromatic rings. The number of hydrogen-bond acceptors (Lipinski definition) is 7. The van der Waals surface area contributed by atoms with Gasteiger partial charge in [0.15, 0.2) is 0 Å². The van der Waals surface area contributed by atoms with Gasteiger partial charge in [-0.1, -0.05) is 48.5 Å². The number of rotatable bonds is 9. The molecular weight excluding hydrogens is 659 g/mol. The lowest BCUT2D eigenvalue weighted by atomic mass is 9.96. The predicted octanol–water partition coefficient (Wildman–Crippen LogP) is 8.59. The molecule has 0 radical (unpaired) electrons. The third-order valence-electron chi connectivity index (χ3n) is 7.91. The van der Waals surface area contributed by atoms with Crippen LogP contribution in [0.1, 0.15) is 53.4 Å². The molecule has 1 aliphatic heterocycles. The van der Waals surface area contributed by atoms with Gasteiger partial charge in [-0.2, -0.15) is 13.2 Å². The topological polar surface area (TPSA) is 87.0 Å². The second-order valence-electron chi connectivity index (χ2n) is 11.9. The van der Waals surface area contributed by atoms with Crippen molar-refractivity contribution in [3.8, 4) is 11.5 Å². The van der Waals surface area contributed by atoms with E-state index in [4.69, 9.17) is 18.6 Å². The second kappa shape index (κ2) is 16.1. The standard InChI is InChI=1S/C21H18O5.C17H18F3NO.ClH/c1-21(2,26-20(23)13-6-4-3-5-7-13)18-11-15-10-14-8-9-19(22)25-16(14)12-17(15)24-18;1-21-12-11-16(13-5-3-2-4-6-13)22-15-9-7-14(8-10-15)17(18,19)20;/h3-10,12,18H,11H2,1-2H3;2-10,16,21H,11-12H2,1H3;1H. The van der Waals surface area contributed by atoms with Gasteiger partial charge in [0.05, 0.1) is 11.1 Å². The highest BCUT2D eigenvalue weighted by molar-refractivity contribution is 5.89. The van der Waals surface area contributed by atoms with Crippen LogP contribution >= 0.6 is 12.4 Å². The minimum Gasteiger partial charge on any atom is -0.486 e. The molecule has 2 heterocycles. The van der Waals surface area contributed by atoms with Crippen molar-refractivity contribution in [1.29, 1.82) is 0 Å².